The zero-order valence-electron chi connectivity index (χ0n) is 20.2. The Morgan fingerprint density at radius 2 is 1.81 bits per heavy atom. The molecule has 1 N–H and O–H groups in total. The highest BCUT2D eigenvalue weighted by molar-refractivity contribution is 14.0. The van der Waals surface area contributed by atoms with Gasteiger partial charge in [0, 0.05) is 45.3 Å². The average molecular weight is 550 g/mol. The van der Waals surface area contributed by atoms with Crippen LogP contribution in [-0.4, -0.2) is 90.8 Å². The molecule has 2 heterocycles. The van der Waals surface area contributed by atoms with E-state index in [1.165, 1.54) is 32.2 Å². The number of amides is 1. The topological polar surface area (TPSA) is 60.4 Å². The maximum Gasteiger partial charge on any atom is 0.410 e. The number of aliphatic imine (C=N–C) groups is 1. The van der Waals surface area contributed by atoms with Crippen LogP contribution in [0.3, 0.4) is 0 Å². The van der Waals surface area contributed by atoms with Crippen LogP contribution < -0.4 is 5.32 Å². The number of carbonyl (C=O) groups excluding carboxylic acids is 1. The summed E-state index contributed by atoms with van der Waals surface area (Å²) >= 11 is 0. The van der Waals surface area contributed by atoms with Gasteiger partial charge in [-0.1, -0.05) is 6.92 Å². The molecule has 0 aromatic heterocycles. The van der Waals surface area contributed by atoms with Crippen LogP contribution in [0.15, 0.2) is 4.99 Å². The first-order valence-corrected chi connectivity index (χ1v) is 12.0. The number of carbonyl (C=O) groups is 1. The first-order chi connectivity index (χ1) is 14.3. The van der Waals surface area contributed by atoms with Crippen LogP contribution in [0, 0.1) is 5.92 Å². The second-order valence-corrected chi connectivity index (χ2v) is 10.1. The smallest absolute Gasteiger partial charge is 0.410 e. The van der Waals surface area contributed by atoms with Crippen LogP contribution in [0.2, 0.25) is 0 Å². The fraction of sp³-hybridized carbons (Fsp3) is 0.913. The first-order valence-electron chi connectivity index (χ1n) is 12.0. The third kappa shape index (κ3) is 7.94. The number of hydrogen-bond acceptors (Lipinski definition) is 4. The van der Waals surface area contributed by atoms with Gasteiger partial charge in [-0.3, -0.25) is 9.89 Å². The van der Waals surface area contributed by atoms with Crippen molar-refractivity contribution in [2.75, 3.05) is 46.3 Å². The molecule has 0 bridgehead atoms. The Kier molecular flexibility index (Phi) is 10.2. The number of nitrogens with one attached hydrogen (secondary N) is 1. The minimum atomic E-state index is -0.446. The molecule has 31 heavy (non-hydrogen) atoms. The lowest BCUT2D eigenvalue weighted by molar-refractivity contribution is 0.00927. The minimum Gasteiger partial charge on any atom is -0.444 e. The van der Waals surface area contributed by atoms with Gasteiger partial charge in [-0.25, -0.2) is 4.79 Å². The second kappa shape index (κ2) is 11.9. The molecule has 3 fully saturated rings. The van der Waals surface area contributed by atoms with Gasteiger partial charge in [0.2, 0.25) is 0 Å². The first kappa shape index (κ1) is 26.5. The molecule has 8 heteroatoms. The highest BCUT2D eigenvalue weighted by atomic mass is 127. The van der Waals surface area contributed by atoms with Crippen molar-refractivity contribution in [3.05, 3.63) is 0 Å². The van der Waals surface area contributed by atoms with E-state index in [0.717, 1.165) is 51.5 Å². The minimum absolute atomic E-state index is 0. The van der Waals surface area contributed by atoms with Crippen LogP contribution in [0.1, 0.15) is 66.2 Å². The van der Waals surface area contributed by atoms with E-state index in [1.54, 1.807) is 0 Å². The molecule has 1 amide bonds. The highest BCUT2D eigenvalue weighted by Gasteiger charge is 2.36. The van der Waals surface area contributed by atoms with E-state index in [2.05, 4.69) is 27.0 Å². The summed E-state index contributed by atoms with van der Waals surface area (Å²) in [6.45, 7) is 14.1. The van der Waals surface area contributed by atoms with Crippen LogP contribution in [0.4, 0.5) is 4.79 Å². The molecular formula is C23H44IN5O2. The van der Waals surface area contributed by atoms with E-state index in [0.29, 0.717) is 12.0 Å². The van der Waals surface area contributed by atoms with Gasteiger partial charge < -0.3 is 19.9 Å². The maximum atomic E-state index is 12.9. The standard InChI is InChI=1S/C23H43N5O2.HI/c1-6-26-13-7-8-20(26)16-25-21(24-5)27-14-11-19(12-15-27)28(17-18-9-10-18)22(29)30-23(2,3)4;/h18-20H,6-17H2,1-5H3,(H,24,25);1H. The fourth-order valence-corrected chi connectivity index (χ4v) is 4.75. The Hall–Kier alpha value is -0.770. The molecule has 0 aromatic carbocycles. The van der Waals surface area contributed by atoms with Gasteiger partial charge in [0.1, 0.15) is 5.60 Å². The summed E-state index contributed by atoms with van der Waals surface area (Å²) in [5.74, 6) is 1.67. The van der Waals surface area contributed by atoms with E-state index < -0.39 is 5.60 Å². The number of likely N-dealkylation sites (N-methyl/N-ethyl adjacent to an activating group) is 1. The number of hydrogen-bond donors (Lipinski definition) is 1. The predicted octanol–water partition coefficient (Wildman–Crippen LogP) is 3.78. The van der Waals surface area contributed by atoms with Crippen molar-refractivity contribution in [2.24, 2.45) is 10.9 Å². The van der Waals surface area contributed by atoms with E-state index in [1.807, 2.05) is 32.7 Å². The molecule has 0 aromatic rings. The number of rotatable bonds is 6. The molecule has 7 nitrogen and oxygen atoms in total. The number of piperidine rings is 1. The third-order valence-electron chi connectivity index (χ3n) is 6.60. The quantitative estimate of drug-likeness (QED) is 0.311. The zero-order chi connectivity index (χ0) is 21.7. The number of halogens is 1. The Bertz CT molecular complexity index is 597. The largest absolute Gasteiger partial charge is 0.444 e. The Labute approximate surface area is 206 Å². The van der Waals surface area contributed by atoms with E-state index in [-0.39, 0.29) is 36.1 Å². The van der Waals surface area contributed by atoms with Crippen molar-refractivity contribution in [3.63, 3.8) is 0 Å². The van der Waals surface area contributed by atoms with Crippen LogP contribution in [0.25, 0.3) is 0 Å². The van der Waals surface area contributed by atoms with E-state index in [9.17, 15) is 4.79 Å². The van der Waals surface area contributed by atoms with Crippen LogP contribution >= 0.6 is 24.0 Å². The number of guanidine groups is 1. The molecular weight excluding hydrogens is 505 g/mol. The molecule has 1 aliphatic carbocycles. The molecule has 1 saturated carbocycles. The summed E-state index contributed by atoms with van der Waals surface area (Å²) < 4.78 is 5.73. The average Bonchev–Trinajstić information content (AvgIpc) is 3.41. The van der Waals surface area contributed by atoms with Gasteiger partial charge in [0.25, 0.3) is 0 Å². The van der Waals surface area contributed by atoms with Crippen molar-refractivity contribution < 1.29 is 9.53 Å². The summed E-state index contributed by atoms with van der Waals surface area (Å²) in [6.07, 6.45) is 6.84. The number of ether oxygens (including phenoxy) is 1. The summed E-state index contributed by atoms with van der Waals surface area (Å²) in [4.78, 5) is 24.3. The van der Waals surface area contributed by atoms with Crippen molar-refractivity contribution in [3.8, 4) is 0 Å². The summed E-state index contributed by atoms with van der Waals surface area (Å²) in [6, 6.07) is 0.880. The third-order valence-corrected chi connectivity index (χ3v) is 6.60. The molecule has 3 aliphatic rings. The number of likely N-dealkylation sites (tertiary alicyclic amines) is 2. The molecule has 2 saturated heterocycles. The molecule has 180 valence electrons. The monoisotopic (exact) mass is 549 g/mol. The molecule has 0 radical (unpaired) electrons. The molecule has 1 atom stereocenters. The summed E-state index contributed by atoms with van der Waals surface area (Å²) in [7, 11) is 1.88. The van der Waals surface area contributed by atoms with Crippen LogP contribution in [0.5, 0.6) is 0 Å². The Morgan fingerprint density at radius 1 is 1.13 bits per heavy atom. The molecule has 0 spiro atoms. The van der Waals surface area contributed by atoms with Gasteiger partial charge in [-0.15, -0.1) is 24.0 Å². The zero-order valence-corrected chi connectivity index (χ0v) is 22.6. The van der Waals surface area contributed by atoms with Crippen LogP contribution in [-0.2, 0) is 4.74 Å². The van der Waals surface area contributed by atoms with Gasteiger partial charge in [-0.2, -0.15) is 0 Å². The van der Waals surface area contributed by atoms with E-state index in [4.69, 9.17) is 4.74 Å². The van der Waals surface area contributed by atoms with Crippen molar-refractivity contribution >= 4 is 36.0 Å². The normalized spacial score (nSPS) is 23.5. The molecule has 3 rings (SSSR count). The lowest BCUT2D eigenvalue weighted by Crippen LogP contribution is -2.53. The van der Waals surface area contributed by atoms with Gasteiger partial charge in [0.05, 0.1) is 0 Å². The predicted molar refractivity (Wildman–Crippen MR) is 137 cm³/mol. The molecule has 2 aliphatic heterocycles. The van der Waals surface area contributed by atoms with Crippen molar-refractivity contribution in [1.82, 2.24) is 20.0 Å². The maximum absolute atomic E-state index is 12.9. The number of nitrogens with zero attached hydrogens (tertiary/aromatic N) is 4. The van der Waals surface area contributed by atoms with E-state index >= 15 is 0 Å². The lowest BCUT2D eigenvalue weighted by atomic mass is 10.0. The highest BCUT2D eigenvalue weighted by Crippen LogP contribution is 2.32. The van der Waals surface area contributed by atoms with Crippen molar-refractivity contribution in [1.29, 1.82) is 0 Å². The summed E-state index contributed by atoms with van der Waals surface area (Å²) in [5.41, 5.74) is -0.446. The Balaban J connectivity index is 0.00000341. The summed E-state index contributed by atoms with van der Waals surface area (Å²) in [5, 5.41) is 3.61. The second-order valence-electron chi connectivity index (χ2n) is 10.1. The SMILES string of the molecule is CCN1CCCC1CNC(=NC)N1CCC(N(CC2CC2)C(=O)OC(C)(C)C)CC1.I. The van der Waals surface area contributed by atoms with Gasteiger partial charge in [0.15, 0.2) is 5.96 Å². The van der Waals surface area contributed by atoms with Gasteiger partial charge in [-0.05, 0) is 78.3 Å². The van der Waals surface area contributed by atoms with Gasteiger partial charge >= 0.3 is 6.09 Å². The van der Waals surface area contributed by atoms with Crippen molar-refractivity contribution in [2.45, 2.75) is 83.9 Å². The lowest BCUT2D eigenvalue weighted by Gasteiger charge is -2.40. The fourth-order valence-electron chi connectivity index (χ4n) is 4.75. The molecule has 1 unspecified atom stereocenters. The Morgan fingerprint density at radius 3 is 2.35 bits per heavy atom.